The number of anilines is 1. The molecule has 1 aliphatic rings. The van der Waals surface area contributed by atoms with E-state index in [2.05, 4.69) is 17.4 Å². The lowest BCUT2D eigenvalue weighted by molar-refractivity contribution is 0.0679. The molecule has 0 bridgehead atoms. The van der Waals surface area contributed by atoms with E-state index in [0.717, 1.165) is 31.6 Å². The number of rotatable bonds is 9. The van der Waals surface area contributed by atoms with Crippen molar-refractivity contribution in [2.45, 2.75) is 25.4 Å². The molecule has 3 aromatic carbocycles. The SMILES string of the molecule is O=C(Nc1ccc(OCC2CCCO2)cc1)c1ccccc1OCCc1ccccc1. The molecule has 1 fully saturated rings. The maximum atomic E-state index is 12.8. The van der Waals surface area contributed by atoms with Crippen molar-refractivity contribution in [1.82, 2.24) is 0 Å². The maximum Gasteiger partial charge on any atom is 0.259 e. The van der Waals surface area contributed by atoms with E-state index in [1.807, 2.05) is 60.7 Å². The molecule has 0 radical (unpaired) electrons. The summed E-state index contributed by atoms with van der Waals surface area (Å²) < 4.78 is 17.3. The first-order valence-corrected chi connectivity index (χ1v) is 10.7. The summed E-state index contributed by atoms with van der Waals surface area (Å²) in [4.78, 5) is 12.8. The van der Waals surface area contributed by atoms with Crippen LogP contribution in [0.4, 0.5) is 5.69 Å². The number of nitrogens with one attached hydrogen (secondary N) is 1. The highest BCUT2D eigenvalue weighted by atomic mass is 16.5. The Hall–Kier alpha value is -3.31. The van der Waals surface area contributed by atoms with Crippen LogP contribution in [-0.4, -0.2) is 31.8 Å². The van der Waals surface area contributed by atoms with E-state index in [0.29, 0.717) is 30.2 Å². The third kappa shape index (κ3) is 6.09. The van der Waals surface area contributed by atoms with Gasteiger partial charge in [-0.25, -0.2) is 0 Å². The fraction of sp³-hybridized carbons (Fsp3) is 0.269. The summed E-state index contributed by atoms with van der Waals surface area (Å²) in [5.41, 5.74) is 2.41. The van der Waals surface area contributed by atoms with E-state index in [1.165, 1.54) is 5.56 Å². The van der Waals surface area contributed by atoms with E-state index in [-0.39, 0.29) is 12.0 Å². The van der Waals surface area contributed by atoms with Crippen molar-refractivity contribution in [3.63, 3.8) is 0 Å². The van der Waals surface area contributed by atoms with Crippen LogP contribution in [0.1, 0.15) is 28.8 Å². The van der Waals surface area contributed by atoms with Gasteiger partial charge in [0.15, 0.2) is 0 Å². The highest BCUT2D eigenvalue weighted by Gasteiger charge is 2.16. The molecular formula is C26H27NO4. The van der Waals surface area contributed by atoms with Gasteiger partial charge in [-0.05, 0) is 54.8 Å². The van der Waals surface area contributed by atoms with Crippen LogP contribution in [0.3, 0.4) is 0 Å². The Kier molecular flexibility index (Phi) is 7.19. The smallest absolute Gasteiger partial charge is 0.259 e. The zero-order chi connectivity index (χ0) is 21.3. The molecule has 0 aliphatic carbocycles. The van der Waals surface area contributed by atoms with Crippen LogP contribution in [-0.2, 0) is 11.2 Å². The largest absolute Gasteiger partial charge is 0.492 e. The van der Waals surface area contributed by atoms with E-state index in [1.54, 1.807) is 6.07 Å². The molecule has 1 N–H and O–H groups in total. The van der Waals surface area contributed by atoms with Gasteiger partial charge in [-0.3, -0.25) is 4.79 Å². The molecular weight excluding hydrogens is 390 g/mol. The van der Waals surface area contributed by atoms with E-state index >= 15 is 0 Å². The Labute approximate surface area is 183 Å². The molecule has 1 saturated heterocycles. The predicted octanol–water partition coefficient (Wildman–Crippen LogP) is 5.12. The van der Waals surface area contributed by atoms with Crippen molar-refractivity contribution in [2.24, 2.45) is 0 Å². The molecule has 1 unspecified atom stereocenters. The highest BCUT2D eigenvalue weighted by Crippen LogP contribution is 2.22. The molecule has 3 aromatic rings. The third-order valence-corrected chi connectivity index (χ3v) is 5.19. The van der Waals surface area contributed by atoms with Gasteiger partial charge in [-0.1, -0.05) is 42.5 Å². The molecule has 5 nitrogen and oxygen atoms in total. The molecule has 1 atom stereocenters. The number of carbonyl (C=O) groups is 1. The summed E-state index contributed by atoms with van der Waals surface area (Å²) in [7, 11) is 0. The van der Waals surface area contributed by atoms with Gasteiger partial charge in [0.1, 0.15) is 18.1 Å². The lowest BCUT2D eigenvalue weighted by Gasteiger charge is -2.13. The van der Waals surface area contributed by atoms with Gasteiger partial charge in [-0.2, -0.15) is 0 Å². The monoisotopic (exact) mass is 417 g/mol. The van der Waals surface area contributed by atoms with Gasteiger partial charge in [0.25, 0.3) is 5.91 Å². The van der Waals surface area contributed by atoms with E-state index in [4.69, 9.17) is 14.2 Å². The molecule has 1 heterocycles. The second-order valence-electron chi connectivity index (χ2n) is 7.50. The Balaban J connectivity index is 1.31. The fourth-order valence-electron chi connectivity index (χ4n) is 3.50. The van der Waals surface area contributed by atoms with Crippen molar-refractivity contribution < 1.29 is 19.0 Å². The standard InChI is InChI=1S/C26H27NO4/c28-26(27-21-12-14-22(15-13-21)31-19-23-9-6-17-29-23)24-10-4-5-11-25(24)30-18-16-20-7-2-1-3-8-20/h1-5,7-8,10-15,23H,6,9,16-19H2,(H,27,28). The quantitative estimate of drug-likeness (QED) is 0.525. The van der Waals surface area contributed by atoms with Gasteiger partial charge < -0.3 is 19.5 Å². The number of hydrogen-bond acceptors (Lipinski definition) is 4. The molecule has 0 aromatic heterocycles. The first kappa shape index (κ1) is 20.9. The Morgan fingerprint density at radius 3 is 2.48 bits per heavy atom. The van der Waals surface area contributed by atoms with Crippen LogP contribution < -0.4 is 14.8 Å². The number of para-hydroxylation sites is 1. The molecule has 160 valence electrons. The number of amides is 1. The number of benzene rings is 3. The van der Waals surface area contributed by atoms with Gasteiger partial charge >= 0.3 is 0 Å². The number of hydrogen-bond donors (Lipinski definition) is 1. The first-order chi connectivity index (χ1) is 15.3. The summed E-state index contributed by atoms with van der Waals surface area (Å²) in [5, 5.41) is 2.93. The minimum Gasteiger partial charge on any atom is -0.492 e. The summed E-state index contributed by atoms with van der Waals surface area (Å²) >= 11 is 0. The van der Waals surface area contributed by atoms with E-state index < -0.39 is 0 Å². The molecule has 4 rings (SSSR count). The van der Waals surface area contributed by atoms with Crippen molar-refractivity contribution in [1.29, 1.82) is 0 Å². The predicted molar refractivity (Wildman–Crippen MR) is 121 cm³/mol. The summed E-state index contributed by atoms with van der Waals surface area (Å²) in [6.45, 7) is 1.88. The molecule has 31 heavy (non-hydrogen) atoms. The van der Waals surface area contributed by atoms with Gasteiger partial charge in [0.2, 0.25) is 0 Å². The maximum absolute atomic E-state index is 12.8. The minimum atomic E-state index is -0.205. The van der Waals surface area contributed by atoms with Crippen LogP contribution in [0.25, 0.3) is 0 Å². The van der Waals surface area contributed by atoms with E-state index in [9.17, 15) is 4.79 Å². The topological polar surface area (TPSA) is 56.8 Å². The Bertz CT molecular complexity index is 966. The van der Waals surface area contributed by atoms with Crippen LogP contribution >= 0.6 is 0 Å². The zero-order valence-corrected chi connectivity index (χ0v) is 17.5. The van der Waals surface area contributed by atoms with Crippen LogP contribution in [0, 0.1) is 0 Å². The lowest BCUT2D eigenvalue weighted by atomic mass is 10.1. The second kappa shape index (κ2) is 10.6. The number of carbonyl (C=O) groups excluding carboxylic acids is 1. The molecule has 0 spiro atoms. The van der Waals surface area contributed by atoms with Gasteiger partial charge in [0.05, 0.1) is 18.3 Å². The van der Waals surface area contributed by atoms with Crippen molar-refractivity contribution in [2.75, 3.05) is 25.1 Å². The van der Waals surface area contributed by atoms with Gasteiger partial charge in [-0.15, -0.1) is 0 Å². The molecule has 5 heteroatoms. The minimum absolute atomic E-state index is 0.178. The molecule has 0 saturated carbocycles. The molecule has 1 amide bonds. The number of ether oxygens (including phenoxy) is 3. The lowest BCUT2D eigenvalue weighted by Crippen LogP contribution is -2.16. The van der Waals surface area contributed by atoms with Crippen LogP contribution in [0.2, 0.25) is 0 Å². The fourth-order valence-corrected chi connectivity index (χ4v) is 3.50. The van der Waals surface area contributed by atoms with Crippen molar-refractivity contribution >= 4 is 11.6 Å². The second-order valence-corrected chi connectivity index (χ2v) is 7.50. The first-order valence-electron chi connectivity index (χ1n) is 10.7. The third-order valence-electron chi connectivity index (χ3n) is 5.19. The van der Waals surface area contributed by atoms with Crippen LogP contribution in [0.15, 0.2) is 78.9 Å². The zero-order valence-electron chi connectivity index (χ0n) is 17.5. The normalized spacial score (nSPS) is 15.4. The van der Waals surface area contributed by atoms with Crippen molar-refractivity contribution in [3.8, 4) is 11.5 Å². The summed E-state index contributed by atoms with van der Waals surface area (Å²) in [6, 6.07) is 24.8. The molecule has 1 aliphatic heterocycles. The Morgan fingerprint density at radius 2 is 1.71 bits per heavy atom. The van der Waals surface area contributed by atoms with Crippen LogP contribution in [0.5, 0.6) is 11.5 Å². The average Bonchev–Trinajstić information content (AvgIpc) is 3.33. The van der Waals surface area contributed by atoms with Crippen molar-refractivity contribution in [3.05, 3.63) is 90.0 Å². The van der Waals surface area contributed by atoms with Gasteiger partial charge in [0, 0.05) is 18.7 Å². The average molecular weight is 418 g/mol. The summed E-state index contributed by atoms with van der Waals surface area (Å²) in [6.07, 6.45) is 3.10. The highest BCUT2D eigenvalue weighted by molar-refractivity contribution is 6.06. The Morgan fingerprint density at radius 1 is 0.935 bits per heavy atom. The summed E-state index contributed by atoms with van der Waals surface area (Å²) in [5.74, 6) is 1.13.